The van der Waals surface area contributed by atoms with Crippen LogP contribution < -0.4 is 10.9 Å². The summed E-state index contributed by atoms with van der Waals surface area (Å²) in [4.78, 5) is 30.1. The van der Waals surface area contributed by atoms with Crippen LogP contribution in [0.5, 0.6) is 0 Å². The average molecular weight is 321 g/mol. The van der Waals surface area contributed by atoms with Crippen molar-refractivity contribution >= 4 is 27.5 Å². The molecule has 3 rings (SSSR count). The summed E-state index contributed by atoms with van der Waals surface area (Å²) in [6.45, 7) is 4.51. The van der Waals surface area contributed by atoms with Gasteiger partial charge in [-0.25, -0.2) is 4.98 Å². The second-order valence-electron chi connectivity index (χ2n) is 5.71. The van der Waals surface area contributed by atoms with Gasteiger partial charge in [-0.15, -0.1) is 11.3 Å². The van der Waals surface area contributed by atoms with Crippen LogP contribution in [-0.4, -0.2) is 34.2 Å². The number of aryl methyl sites for hydroxylation is 2. The predicted octanol–water partition coefficient (Wildman–Crippen LogP) is 1.60. The van der Waals surface area contributed by atoms with E-state index >= 15 is 0 Å². The third-order valence-electron chi connectivity index (χ3n) is 4.10. The Bertz CT molecular complexity index is 774. The zero-order chi connectivity index (χ0) is 15.9. The van der Waals surface area contributed by atoms with Crippen molar-refractivity contribution < 1.29 is 9.53 Å². The van der Waals surface area contributed by atoms with E-state index in [1.54, 1.807) is 14.0 Å². The van der Waals surface area contributed by atoms with Crippen molar-refractivity contribution in [1.29, 1.82) is 0 Å². The first-order valence-electron chi connectivity index (χ1n) is 7.36. The van der Waals surface area contributed by atoms with Gasteiger partial charge in [0, 0.05) is 13.7 Å². The molecule has 0 aromatic carbocycles. The number of hydrogen-bond donors (Lipinski definition) is 1. The molecule has 2 aromatic heterocycles. The van der Waals surface area contributed by atoms with Gasteiger partial charge >= 0.3 is 0 Å². The lowest BCUT2D eigenvalue weighted by Crippen LogP contribution is -2.40. The maximum atomic E-state index is 12.5. The standard InChI is InChI=1S/C15H19N3O3S/c1-8-11-14(16-7-18(3)15(11)20)22-12(8)13(19)17-9(2)10-5-4-6-21-10/h7,9-10H,4-6H2,1-3H3,(H,17,19). The number of fused-ring (bicyclic) bond motifs is 1. The minimum Gasteiger partial charge on any atom is -0.376 e. The minimum absolute atomic E-state index is 0.0459. The molecule has 7 heteroatoms. The number of thiophene rings is 1. The van der Waals surface area contributed by atoms with Crippen LogP contribution in [0.25, 0.3) is 10.2 Å². The van der Waals surface area contributed by atoms with Crippen LogP contribution in [0, 0.1) is 6.92 Å². The number of rotatable bonds is 3. The molecule has 1 fully saturated rings. The van der Waals surface area contributed by atoms with Gasteiger partial charge in [-0.05, 0) is 32.3 Å². The molecule has 0 radical (unpaired) electrons. The highest BCUT2D eigenvalue weighted by molar-refractivity contribution is 7.20. The molecule has 1 aliphatic rings. The summed E-state index contributed by atoms with van der Waals surface area (Å²) in [5, 5.41) is 3.52. The molecular weight excluding hydrogens is 302 g/mol. The summed E-state index contributed by atoms with van der Waals surface area (Å²) in [6.07, 6.45) is 3.56. The van der Waals surface area contributed by atoms with Gasteiger partial charge in [-0.3, -0.25) is 9.59 Å². The molecule has 22 heavy (non-hydrogen) atoms. The Morgan fingerprint density at radius 3 is 3.05 bits per heavy atom. The maximum Gasteiger partial charge on any atom is 0.262 e. The Labute approximate surface area is 132 Å². The van der Waals surface area contributed by atoms with Gasteiger partial charge in [-0.2, -0.15) is 0 Å². The molecule has 1 amide bonds. The summed E-state index contributed by atoms with van der Waals surface area (Å²) >= 11 is 1.26. The molecule has 3 heterocycles. The Morgan fingerprint density at radius 1 is 1.59 bits per heavy atom. The first-order valence-corrected chi connectivity index (χ1v) is 8.18. The molecule has 2 atom stereocenters. The van der Waals surface area contributed by atoms with E-state index in [0.29, 0.717) is 20.7 Å². The van der Waals surface area contributed by atoms with Crippen molar-refractivity contribution in [3.63, 3.8) is 0 Å². The van der Waals surface area contributed by atoms with Crippen LogP contribution in [0.2, 0.25) is 0 Å². The van der Waals surface area contributed by atoms with Crippen LogP contribution in [0.15, 0.2) is 11.1 Å². The highest BCUT2D eigenvalue weighted by Crippen LogP contribution is 2.27. The predicted molar refractivity (Wildman–Crippen MR) is 85.5 cm³/mol. The smallest absolute Gasteiger partial charge is 0.262 e. The lowest BCUT2D eigenvalue weighted by atomic mass is 10.1. The average Bonchev–Trinajstić information content (AvgIpc) is 3.11. The van der Waals surface area contributed by atoms with Crippen molar-refractivity contribution in [1.82, 2.24) is 14.9 Å². The second-order valence-corrected chi connectivity index (χ2v) is 6.71. The fraction of sp³-hybridized carbons (Fsp3) is 0.533. The van der Waals surface area contributed by atoms with E-state index in [1.807, 2.05) is 6.92 Å². The van der Waals surface area contributed by atoms with E-state index in [4.69, 9.17) is 4.74 Å². The minimum atomic E-state index is -0.162. The molecule has 1 aliphatic heterocycles. The molecular formula is C15H19N3O3S. The molecule has 118 valence electrons. The molecule has 1 saturated heterocycles. The zero-order valence-corrected chi connectivity index (χ0v) is 13.7. The highest BCUT2D eigenvalue weighted by Gasteiger charge is 2.26. The van der Waals surface area contributed by atoms with Crippen LogP contribution in [0.3, 0.4) is 0 Å². The lowest BCUT2D eigenvalue weighted by molar-refractivity contribution is 0.0714. The number of carbonyl (C=O) groups excluding carboxylic acids is 1. The molecule has 0 spiro atoms. The summed E-state index contributed by atoms with van der Waals surface area (Å²) < 4.78 is 7.03. The van der Waals surface area contributed by atoms with Crippen molar-refractivity contribution in [3.8, 4) is 0 Å². The first kappa shape index (κ1) is 15.2. The number of hydrogen-bond acceptors (Lipinski definition) is 5. The van der Waals surface area contributed by atoms with Crippen LogP contribution in [-0.2, 0) is 11.8 Å². The third-order valence-corrected chi connectivity index (χ3v) is 5.30. The van der Waals surface area contributed by atoms with Crippen LogP contribution in [0.4, 0.5) is 0 Å². The van der Waals surface area contributed by atoms with Crippen molar-refractivity contribution in [3.05, 3.63) is 27.1 Å². The topological polar surface area (TPSA) is 73.2 Å². The molecule has 2 aromatic rings. The van der Waals surface area contributed by atoms with Crippen molar-refractivity contribution in [2.24, 2.45) is 7.05 Å². The number of aromatic nitrogens is 2. The maximum absolute atomic E-state index is 12.5. The summed E-state index contributed by atoms with van der Waals surface area (Å²) in [6, 6.07) is -0.0459. The first-order chi connectivity index (χ1) is 10.5. The fourth-order valence-corrected chi connectivity index (χ4v) is 3.83. The van der Waals surface area contributed by atoms with Crippen molar-refractivity contribution in [2.75, 3.05) is 6.61 Å². The normalized spacial score (nSPS) is 19.5. The van der Waals surface area contributed by atoms with E-state index in [-0.39, 0.29) is 23.6 Å². The summed E-state index contributed by atoms with van der Waals surface area (Å²) in [5.74, 6) is -0.162. The largest absolute Gasteiger partial charge is 0.376 e. The highest BCUT2D eigenvalue weighted by atomic mass is 32.1. The van der Waals surface area contributed by atoms with E-state index in [0.717, 1.165) is 19.4 Å². The lowest BCUT2D eigenvalue weighted by Gasteiger charge is -2.19. The van der Waals surface area contributed by atoms with Gasteiger partial charge in [0.05, 0.1) is 28.7 Å². The van der Waals surface area contributed by atoms with Gasteiger partial charge < -0.3 is 14.6 Å². The van der Waals surface area contributed by atoms with Gasteiger partial charge in [0.15, 0.2) is 0 Å². The Morgan fingerprint density at radius 2 is 2.36 bits per heavy atom. The molecule has 0 aliphatic carbocycles. The van der Waals surface area contributed by atoms with Gasteiger partial charge in [0.2, 0.25) is 0 Å². The van der Waals surface area contributed by atoms with E-state index in [9.17, 15) is 9.59 Å². The number of nitrogens with one attached hydrogen (secondary N) is 1. The number of amides is 1. The number of nitrogens with zero attached hydrogens (tertiary/aromatic N) is 2. The summed E-state index contributed by atoms with van der Waals surface area (Å²) in [5.41, 5.74) is 0.579. The second kappa shape index (κ2) is 5.81. The fourth-order valence-electron chi connectivity index (χ4n) is 2.79. The Kier molecular flexibility index (Phi) is 4.01. The number of carbonyl (C=O) groups is 1. The van der Waals surface area contributed by atoms with E-state index in [1.165, 1.54) is 22.2 Å². The zero-order valence-electron chi connectivity index (χ0n) is 12.9. The number of ether oxygens (including phenoxy) is 1. The molecule has 0 saturated carbocycles. The van der Waals surface area contributed by atoms with Gasteiger partial charge in [0.25, 0.3) is 11.5 Å². The SMILES string of the molecule is Cc1c(C(=O)NC(C)C2CCCO2)sc2ncn(C)c(=O)c12. The van der Waals surface area contributed by atoms with E-state index in [2.05, 4.69) is 10.3 Å². The van der Waals surface area contributed by atoms with E-state index < -0.39 is 0 Å². The molecule has 0 bridgehead atoms. The van der Waals surface area contributed by atoms with Gasteiger partial charge in [-0.1, -0.05) is 0 Å². The molecule has 2 unspecified atom stereocenters. The van der Waals surface area contributed by atoms with Crippen LogP contribution >= 0.6 is 11.3 Å². The van der Waals surface area contributed by atoms with Crippen LogP contribution in [0.1, 0.15) is 35.0 Å². The quantitative estimate of drug-likeness (QED) is 0.932. The van der Waals surface area contributed by atoms with Crippen molar-refractivity contribution in [2.45, 2.75) is 38.8 Å². The summed E-state index contributed by atoms with van der Waals surface area (Å²) in [7, 11) is 1.66. The Hall–Kier alpha value is -1.73. The monoisotopic (exact) mass is 321 g/mol. The Balaban J connectivity index is 1.89. The molecule has 6 nitrogen and oxygen atoms in total. The molecule has 1 N–H and O–H groups in total. The van der Waals surface area contributed by atoms with Gasteiger partial charge in [0.1, 0.15) is 4.83 Å². The third kappa shape index (κ3) is 2.55.